The maximum atomic E-state index is 12.0. The van der Waals surface area contributed by atoms with Crippen molar-refractivity contribution in [3.8, 4) is 11.4 Å². The van der Waals surface area contributed by atoms with Crippen molar-refractivity contribution < 1.29 is 4.79 Å². The highest BCUT2D eigenvalue weighted by Gasteiger charge is 2.14. The summed E-state index contributed by atoms with van der Waals surface area (Å²) in [6.07, 6.45) is 0.836. The van der Waals surface area contributed by atoms with E-state index in [0.29, 0.717) is 23.3 Å². The molecule has 1 aromatic heterocycles. The maximum absolute atomic E-state index is 12.0. The monoisotopic (exact) mass is 372 g/mol. The summed E-state index contributed by atoms with van der Waals surface area (Å²) in [6, 6.07) is 7.07. The van der Waals surface area contributed by atoms with E-state index < -0.39 is 0 Å². The number of hydrogen-bond acceptors (Lipinski definition) is 5. The van der Waals surface area contributed by atoms with Gasteiger partial charge in [-0.25, -0.2) is 0 Å². The van der Waals surface area contributed by atoms with Crippen LogP contribution in [0.5, 0.6) is 0 Å². The number of nitrogens with two attached hydrogens (primary N) is 1. The van der Waals surface area contributed by atoms with Crippen molar-refractivity contribution >= 4 is 29.9 Å². The highest BCUT2D eigenvalue weighted by Crippen LogP contribution is 2.16. The lowest BCUT2D eigenvalue weighted by atomic mass is 10.0. The molecule has 7 nitrogen and oxygen atoms in total. The molecule has 3 N–H and O–H groups in total. The van der Waals surface area contributed by atoms with Gasteiger partial charge >= 0.3 is 0 Å². The lowest BCUT2D eigenvalue weighted by Gasteiger charge is -2.18. The topological polar surface area (TPSA) is 98.7 Å². The van der Waals surface area contributed by atoms with Crippen LogP contribution < -0.4 is 11.1 Å². The quantitative estimate of drug-likeness (QED) is 0.773. The van der Waals surface area contributed by atoms with E-state index in [9.17, 15) is 4.79 Å². The molecule has 1 atom stereocenters. The molecular weight excluding hydrogens is 351 g/mol. The highest BCUT2D eigenvalue weighted by molar-refractivity contribution is 6.30. The largest absolute Gasteiger partial charge is 0.350 e. The summed E-state index contributed by atoms with van der Waals surface area (Å²) in [5.41, 5.74) is 6.47. The first-order valence-electron chi connectivity index (χ1n) is 7.51. The third kappa shape index (κ3) is 6.07. The molecule has 1 heterocycles. The van der Waals surface area contributed by atoms with Crippen molar-refractivity contribution in [3.05, 3.63) is 29.3 Å². The smallest absolute Gasteiger partial charge is 0.243 e. The van der Waals surface area contributed by atoms with Crippen LogP contribution in [0.4, 0.5) is 0 Å². The molecule has 2 rings (SSSR count). The molecule has 0 bridgehead atoms. The molecule has 132 valence electrons. The zero-order valence-electron chi connectivity index (χ0n) is 13.6. The fourth-order valence-electron chi connectivity index (χ4n) is 2.21. The summed E-state index contributed by atoms with van der Waals surface area (Å²) >= 11 is 5.85. The van der Waals surface area contributed by atoms with E-state index in [1.165, 1.54) is 4.80 Å². The van der Waals surface area contributed by atoms with Crippen molar-refractivity contribution in [2.45, 2.75) is 32.9 Å². The number of halogens is 2. The minimum absolute atomic E-state index is 0. The lowest BCUT2D eigenvalue weighted by Crippen LogP contribution is -2.42. The predicted molar refractivity (Wildman–Crippen MR) is 96.0 cm³/mol. The normalized spacial score (nSPS) is 11.9. The summed E-state index contributed by atoms with van der Waals surface area (Å²) in [7, 11) is 0. The van der Waals surface area contributed by atoms with Crippen molar-refractivity contribution in [1.29, 1.82) is 0 Å². The van der Waals surface area contributed by atoms with Crippen LogP contribution in [0.3, 0.4) is 0 Å². The van der Waals surface area contributed by atoms with Gasteiger partial charge in [-0.3, -0.25) is 4.79 Å². The van der Waals surface area contributed by atoms with Crippen LogP contribution in [0.2, 0.25) is 5.02 Å². The van der Waals surface area contributed by atoms with Crippen molar-refractivity contribution in [3.63, 3.8) is 0 Å². The van der Waals surface area contributed by atoms with Gasteiger partial charge in [-0.2, -0.15) is 4.80 Å². The van der Waals surface area contributed by atoms with Gasteiger partial charge in [-0.15, -0.1) is 22.6 Å². The van der Waals surface area contributed by atoms with E-state index in [2.05, 4.69) is 34.6 Å². The summed E-state index contributed by atoms with van der Waals surface area (Å²) in [6.45, 7) is 4.60. The van der Waals surface area contributed by atoms with Crippen LogP contribution in [0.25, 0.3) is 11.4 Å². The number of tetrazole rings is 1. The summed E-state index contributed by atoms with van der Waals surface area (Å²) in [5.74, 6) is 0.734. The Kier molecular flexibility index (Phi) is 8.10. The van der Waals surface area contributed by atoms with Gasteiger partial charge in [-0.1, -0.05) is 25.4 Å². The second kappa shape index (κ2) is 9.56. The van der Waals surface area contributed by atoms with Crippen LogP contribution >= 0.6 is 24.0 Å². The third-order valence-corrected chi connectivity index (χ3v) is 3.50. The van der Waals surface area contributed by atoms with Gasteiger partial charge in [-0.05, 0) is 41.8 Å². The molecule has 0 aliphatic heterocycles. The van der Waals surface area contributed by atoms with Crippen LogP contribution in [-0.4, -0.2) is 38.7 Å². The van der Waals surface area contributed by atoms with Crippen LogP contribution in [0, 0.1) is 5.92 Å². The Morgan fingerprint density at radius 3 is 2.58 bits per heavy atom. The van der Waals surface area contributed by atoms with Crippen LogP contribution in [0.1, 0.15) is 20.3 Å². The third-order valence-electron chi connectivity index (χ3n) is 3.25. The number of rotatable bonds is 7. The molecule has 0 aliphatic rings. The number of benzene rings is 1. The molecule has 1 amide bonds. The first kappa shape index (κ1) is 20.3. The van der Waals surface area contributed by atoms with E-state index in [4.69, 9.17) is 17.3 Å². The highest BCUT2D eigenvalue weighted by atomic mass is 35.5. The van der Waals surface area contributed by atoms with Gasteiger partial charge < -0.3 is 11.1 Å². The number of amides is 1. The maximum Gasteiger partial charge on any atom is 0.243 e. The minimum Gasteiger partial charge on any atom is -0.350 e. The van der Waals surface area contributed by atoms with Gasteiger partial charge in [0.15, 0.2) is 0 Å². The molecule has 0 saturated carbocycles. The van der Waals surface area contributed by atoms with E-state index in [1.54, 1.807) is 24.3 Å². The number of aromatic nitrogens is 4. The number of hydrogen-bond donors (Lipinski definition) is 2. The average Bonchev–Trinajstić information content (AvgIpc) is 2.95. The first-order valence-corrected chi connectivity index (χ1v) is 7.89. The minimum atomic E-state index is -0.179. The summed E-state index contributed by atoms with van der Waals surface area (Å²) in [4.78, 5) is 13.3. The number of nitrogens with one attached hydrogen (secondary N) is 1. The fraction of sp³-hybridized carbons (Fsp3) is 0.467. The molecule has 24 heavy (non-hydrogen) atoms. The number of nitrogens with zero attached hydrogens (tertiary/aromatic N) is 4. The van der Waals surface area contributed by atoms with Crippen molar-refractivity contribution in [1.82, 2.24) is 25.5 Å². The Hall–Kier alpha value is -1.70. The van der Waals surface area contributed by atoms with Crippen LogP contribution in [-0.2, 0) is 11.3 Å². The molecule has 0 fully saturated rings. The molecule has 1 unspecified atom stereocenters. The molecule has 1 aromatic carbocycles. The second-order valence-corrected chi connectivity index (χ2v) is 6.22. The van der Waals surface area contributed by atoms with Gasteiger partial charge in [0.25, 0.3) is 0 Å². The van der Waals surface area contributed by atoms with Gasteiger partial charge in [0, 0.05) is 23.2 Å². The number of carbonyl (C=O) groups is 1. The Labute approximate surface area is 152 Å². The molecular formula is C15H22Cl2N6O. The van der Waals surface area contributed by atoms with Gasteiger partial charge in [0.2, 0.25) is 11.7 Å². The SMILES string of the molecule is CC(C)CC(CN)NC(=O)Cn1nnc(-c2ccc(Cl)cc2)n1.Cl. The molecule has 0 radical (unpaired) electrons. The van der Waals surface area contributed by atoms with Crippen LogP contribution in [0.15, 0.2) is 24.3 Å². The zero-order chi connectivity index (χ0) is 16.8. The molecule has 0 saturated heterocycles. The average molecular weight is 373 g/mol. The second-order valence-electron chi connectivity index (χ2n) is 5.78. The number of carbonyl (C=O) groups excluding carboxylic acids is 1. The Bertz CT molecular complexity index is 644. The standard InChI is InChI=1S/C15H21ClN6O.ClH/c1-10(2)7-13(8-17)18-14(23)9-22-20-15(19-21-22)11-3-5-12(16)6-4-11;/h3-6,10,13H,7-9,17H2,1-2H3,(H,18,23);1H. The van der Waals surface area contributed by atoms with Crippen molar-refractivity contribution in [2.75, 3.05) is 6.54 Å². The van der Waals surface area contributed by atoms with E-state index >= 15 is 0 Å². The summed E-state index contributed by atoms with van der Waals surface area (Å²) in [5, 5.41) is 15.6. The van der Waals surface area contributed by atoms with E-state index in [-0.39, 0.29) is 30.9 Å². The molecule has 0 aliphatic carbocycles. The Morgan fingerprint density at radius 1 is 1.33 bits per heavy atom. The predicted octanol–water partition coefficient (Wildman–Crippen LogP) is 1.90. The zero-order valence-corrected chi connectivity index (χ0v) is 15.2. The Morgan fingerprint density at radius 2 is 2.00 bits per heavy atom. The van der Waals surface area contributed by atoms with Gasteiger partial charge in [0.1, 0.15) is 6.54 Å². The molecule has 2 aromatic rings. The first-order chi connectivity index (χ1) is 11.0. The van der Waals surface area contributed by atoms with E-state index in [0.717, 1.165) is 12.0 Å². The fourth-order valence-corrected chi connectivity index (χ4v) is 2.34. The molecule has 9 heteroatoms. The van der Waals surface area contributed by atoms with Gasteiger partial charge in [0.05, 0.1) is 0 Å². The van der Waals surface area contributed by atoms with Crippen molar-refractivity contribution in [2.24, 2.45) is 11.7 Å². The lowest BCUT2D eigenvalue weighted by molar-refractivity contribution is -0.122. The van der Waals surface area contributed by atoms with E-state index in [1.807, 2.05) is 0 Å². The molecule has 0 spiro atoms. The summed E-state index contributed by atoms with van der Waals surface area (Å²) < 4.78 is 0. The Balaban J connectivity index is 0.00000288.